The summed E-state index contributed by atoms with van der Waals surface area (Å²) in [7, 11) is 0. The van der Waals surface area contributed by atoms with E-state index in [0.29, 0.717) is 6.04 Å². The van der Waals surface area contributed by atoms with Crippen molar-refractivity contribution in [2.24, 2.45) is 5.73 Å². The van der Waals surface area contributed by atoms with Gasteiger partial charge in [-0.05, 0) is 36.1 Å². The third-order valence-corrected chi connectivity index (χ3v) is 4.67. The lowest BCUT2D eigenvalue weighted by Gasteiger charge is -2.32. The molecule has 1 saturated carbocycles. The number of hydrogen-bond acceptors (Lipinski definition) is 2. The van der Waals surface area contributed by atoms with Crippen molar-refractivity contribution >= 4 is 16.7 Å². The molecular formula is C18H22N2O. The summed E-state index contributed by atoms with van der Waals surface area (Å²) in [4.78, 5) is 12.2. The molecule has 1 aliphatic rings. The predicted molar refractivity (Wildman–Crippen MR) is 85.9 cm³/mol. The largest absolute Gasteiger partial charge is 0.368 e. The highest BCUT2D eigenvalue weighted by Gasteiger charge is 2.37. The SMILES string of the molecule is CC(NC1CCCC1)(C(N)=O)c1cccc2ccccc12. The lowest BCUT2D eigenvalue weighted by atomic mass is 9.86. The zero-order valence-electron chi connectivity index (χ0n) is 12.4. The molecule has 0 spiro atoms. The van der Waals surface area contributed by atoms with E-state index in [9.17, 15) is 4.79 Å². The Morgan fingerprint density at radius 2 is 1.81 bits per heavy atom. The van der Waals surface area contributed by atoms with Crippen molar-refractivity contribution in [2.45, 2.75) is 44.2 Å². The number of nitrogens with two attached hydrogens (primary N) is 1. The minimum atomic E-state index is -0.824. The van der Waals surface area contributed by atoms with Crippen molar-refractivity contribution in [1.29, 1.82) is 0 Å². The average Bonchev–Trinajstić information content (AvgIpc) is 2.99. The molecule has 1 fully saturated rings. The van der Waals surface area contributed by atoms with Gasteiger partial charge in [-0.1, -0.05) is 55.3 Å². The molecule has 0 bridgehead atoms. The van der Waals surface area contributed by atoms with Crippen molar-refractivity contribution in [3.63, 3.8) is 0 Å². The fraction of sp³-hybridized carbons (Fsp3) is 0.389. The Morgan fingerprint density at radius 1 is 1.14 bits per heavy atom. The molecule has 0 saturated heterocycles. The lowest BCUT2D eigenvalue weighted by molar-refractivity contribution is -0.124. The second kappa shape index (κ2) is 5.49. The Kier molecular flexibility index (Phi) is 3.68. The molecule has 1 aliphatic carbocycles. The Labute approximate surface area is 125 Å². The molecule has 0 aliphatic heterocycles. The number of fused-ring (bicyclic) bond motifs is 1. The second-order valence-electron chi connectivity index (χ2n) is 6.14. The summed E-state index contributed by atoms with van der Waals surface area (Å²) in [6.45, 7) is 1.91. The van der Waals surface area contributed by atoms with Crippen LogP contribution in [-0.4, -0.2) is 11.9 Å². The first-order valence-corrected chi connectivity index (χ1v) is 7.67. The van der Waals surface area contributed by atoms with Crippen LogP contribution in [0.1, 0.15) is 38.2 Å². The second-order valence-corrected chi connectivity index (χ2v) is 6.14. The highest BCUT2D eigenvalue weighted by Crippen LogP contribution is 2.31. The van der Waals surface area contributed by atoms with E-state index in [1.165, 1.54) is 12.8 Å². The molecular weight excluding hydrogens is 260 g/mol. The predicted octanol–water partition coefficient (Wildman–Crippen LogP) is 3.07. The summed E-state index contributed by atoms with van der Waals surface area (Å²) < 4.78 is 0. The zero-order valence-corrected chi connectivity index (χ0v) is 12.4. The Bertz CT molecular complexity index is 656. The molecule has 110 valence electrons. The van der Waals surface area contributed by atoms with Crippen molar-refractivity contribution in [1.82, 2.24) is 5.32 Å². The molecule has 0 aromatic heterocycles. The molecule has 3 nitrogen and oxygen atoms in total. The van der Waals surface area contributed by atoms with Crippen LogP contribution in [0.4, 0.5) is 0 Å². The van der Waals surface area contributed by atoms with E-state index in [0.717, 1.165) is 29.2 Å². The number of carbonyl (C=O) groups excluding carboxylic acids is 1. The number of nitrogens with one attached hydrogen (secondary N) is 1. The highest BCUT2D eigenvalue weighted by atomic mass is 16.1. The Hall–Kier alpha value is -1.87. The lowest BCUT2D eigenvalue weighted by Crippen LogP contribution is -2.53. The van der Waals surface area contributed by atoms with Gasteiger partial charge in [-0.3, -0.25) is 10.1 Å². The summed E-state index contributed by atoms with van der Waals surface area (Å²) in [5.74, 6) is -0.314. The maximum atomic E-state index is 12.2. The quantitative estimate of drug-likeness (QED) is 0.905. The van der Waals surface area contributed by atoms with Crippen molar-refractivity contribution in [3.05, 3.63) is 48.0 Å². The van der Waals surface area contributed by atoms with E-state index >= 15 is 0 Å². The number of rotatable bonds is 4. The molecule has 3 heteroatoms. The van der Waals surface area contributed by atoms with Crippen molar-refractivity contribution < 1.29 is 4.79 Å². The molecule has 2 aromatic carbocycles. The van der Waals surface area contributed by atoms with Crippen LogP contribution in [0.3, 0.4) is 0 Å². The van der Waals surface area contributed by atoms with Crippen LogP contribution in [-0.2, 0) is 10.3 Å². The van der Waals surface area contributed by atoms with Gasteiger partial charge < -0.3 is 5.73 Å². The molecule has 3 N–H and O–H groups in total. The summed E-state index contributed by atoms with van der Waals surface area (Å²) in [5.41, 5.74) is 5.92. The normalized spacial score (nSPS) is 18.7. The van der Waals surface area contributed by atoms with Gasteiger partial charge in [0.25, 0.3) is 0 Å². The minimum absolute atomic E-state index is 0.314. The van der Waals surface area contributed by atoms with Crippen molar-refractivity contribution in [3.8, 4) is 0 Å². The fourth-order valence-electron chi connectivity index (χ4n) is 3.42. The first kappa shape index (κ1) is 14.1. The van der Waals surface area contributed by atoms with E-state index < -0.39 is 5.54 Å². The van der Waals surface area contributed by atoms with Crippen LogP contribution in [0.5, 0.6) is 0 Å². The molecule has 1 amide bonds. The summed E-state index contributed by atoms with van der Waals surface area (Å²) >= 11 is 0. The monoisotopic (exact) mass is 282 g/mol. The van der Waals surface area contributed by atoms with Crippen LogP contribution in [0.25, 0.3) is 10.8 Å². The van der Waals surface area contributed by atoms with E-state index in [2.05, 4.69) is 23.5 Å². The summed E-state index contributed by atoms with van der Waals surface area (Å²) in [6, 6.07) is 14.6. The molecule has 1 unspecified atom stereocenters. The standard InChI is InChI=1S/C18H22N2O/c1-18(17(19)21,20-14-9-3-4-10-14)16-12-6-8-13-7-2-5-11-15(13)16/h2,5-8,11-12,14,20H,3-4,9-10H2,1H3,(H2,19,21). The van der Waals surface area contributed by atoms with Gasteiger partial charge in [0.1, 0.15) is 5.54 Å². The van der Waals surface area contributed by atoms with Crippen LogP contribution < -0.4 is 11.1 Å². The van der Waals surface area contributed by atoms with Crippen LogP contribution in [0.2, 0.25) is 0 Å². The first-order valence-electron chi connectivity index (χ1n) is 7.67. The van der Waals surface area contributed by atoms with Gasteiger partial charge in [0, 0.05) is 6.04 Å². The Morgan fingerprint density at radius 3 is 2.52 bits per heavy atom. The third-order valence-electron chi connectivity index (χ3n) is 4.67. The number of primary amides is 1. The van der Waals surface area contributed by atoms with E-state index in [1.54, 1.807) is 0 Å². The molecule has 1 atom stereocenters. The van der Waals surface area contributed by atoms with Gasteiger partial charge in [0.2, 0.25) is 5.91 Å². The minimum Gasteiger partial charge on any atom is -0.368 e. The Balaban J connectivity index is 2.08. The van der Waals surface area contributed by atoms with Crippen molar-refractivity contribution in [2.75, 3.05) is 0 Å². The molecule has 21 heavy (non-hydrogen) atoms. The van der Waals surface area contributed by atoms with E-state index in [4.69, 9.17) is 5.73 Å². The van der Waals surface area contributed by atoms with Gasteiger partial charge in [0.05, 0.1) is 0 Å². The zero-order chi connectivity index (χ0) is 14.9. The molecule has 0 radical (unpaired) electrons. The van der Waals surface area contributed by atoms with Gasteiger partial charge in [0.15, 0.2) is 0 Å². The topological polar surface area (TPSA) is 55.1 Å². The summed E-state index contributed by atoms with van der Waals surface area (Å²) in [6.07, 6.45) is 4.69. The van der Waals surface area contributed by atoms with Crippen LogP contribution in [0, 0.1) is 0 Å². The molecule has 2 aromatic rings. The third kappa shape index (κ3) is 2.54. The van der Waals surface area contributed by atoms with Gasteiger partial charge >= 0.3 is 0 Å². The number of carbonyl (C=O) groups is 1. The van der Waals surface area contributed by atoms with Crippen LogP contribution >= 0.6 is 0 Å². The van der Waals surface area contributed by atoms with E-state index in [-0.39, 0.29) is 5.91 Å². The van der Waals surface area contributed by atoms with Gasteiger partial charge in [-0.15, -0.1) is 0 Å². The summed E-state index contributed by atoms with van der Waals surface area (Å²) in [5, 5.41) is 5.75. The smallest absolute Gasteiger partial charge is 0.242 e. The average molecular weight is 282 g/mol. The maximum Gasteiger partial charge on any atom is 0.242 e. The van der Waals surface area contributed by atoms with Gasteiger partial charge in [-0.25, -0.2) is 0 Å². The van der Waals surface area contributed by atoms with Gasteiger partial charge in [-0.2, -0.15) is 0 Å². The number of amides is 1. The van der Waals surface area contributed by atoms with Crippen LogP contribution in [0.15, 0.2) is 42.5 Å². The number of benzene rings is 2. The maximum absolute atomic E-state index is 12.2. The first-order chi connectivity index (χ1) is 10.1. The molecule has 0 heterocycles. The number of hydrogen-bond donors (Lipinski definition) is 2. The molecule has 3 rings (SSSR count). The fourth-order valence-corrected chi connectivity index (χ4v) is 3.42. The van der Waals surface area contributed by atoms with E-state index in [1.807, 2.05) is 31.2 Å². The highest BCUT2D eigenvalue weighted by molar-refractivity contribution is 5.94.